The quantitative estimate of drug-likeness (QED) is 0.291. The van der Waals surface area contributed by atoms with Gasteiger partial charge in [0.05, 0.1) is 12.7 Å². The van der Waals surface area contributed by atoms with Gasteiger partial charge in [-0.05, 0) is 24.6 Å². The standard InChI is InChI=1S/C13H16F3N2O7P/c14-13(15,16)25-10-4-1-3-9(7-10)12(20)17-8-11(19)18(21)5-2-6-26(22,23)24/h1,3-4,7,21H,2,5-6,8H2,(H,17,20)(H2,22,23,24). The normalized spacial score (nSPS) is 11.8. The number of nitrogens with one attached hydrogen (secondary N) is 1. The first-order chi connectivity index (χ1) is 11.9. The van der Waals surface area contributed by atoms with Gasteiger partial charge in [0.1, 0.15) is 5.75 Å². The molecule has 0 aliphatic rings. The Kier molecular flexibility index (Phi) is 7.57. The van der Waals surface area contributed by atoms with Crippen molar-refractivity contribution < 1.29 is 47.1 Å². The molecule has 146 valence electrons. The number of halogens is 3. The van der Waals surface area contributed by atoms with E-state index in [9.17, 15) is 32.5 Å². The van der Waals surface area contributed by atoms with Crippen LogP contribution in [-0.4, -0.2) is 57.5 Å². The van der Waals surface area contributed by atoms with Crippen molar-refractivity contribution in [1.82, 2.24) is 10.4 Å². The number of ether oxygens (including phenoxy) is 1. The van der Waals surface area contributed by atoms with Crippen molar-refractivity contribution in [2.75, 3.05) is 19.3 Å². The fraction of sp³-hybridized carbons (Fsp3) is 0.385. The molecular formula is C13H16F3N2O7P. The summed E-state index contributed by atoms with van der Waals surface area (Å²) in [6.07, 6.45) is -5.62. The summed E-state index contributed by atoms with van der Waals surface area (Å²) in [7, 11) is -4.25. The molecule has 0 fully saturated rings. The number of rotatable bonds is 8. The fourth-order valence-electron chi connectivity index (χ4n) is 1.73. The van der Waals surface area contributed by atoms with Gasteiger partial charge in [0, 0.05) is 12.1 Å². The molecule has 4 N–H and O–H groups in total. The molecule has 26 heavy (non-hydrogen) atoms. The van der Waals surface area contributed by atoms with Gasteiger partial charge in [-0.1, -0.05) is 6.07 Å². The molecule has 0 saturated heterocycles. The van der Waals surface area contributed by atoms with Crippen molar-refractivity contribution in [2.45, 2.75) is 12.8 Å². The maximum atomic E-state index is 12.1. The van der Waals surface area contributed by atoms with Crippen LogP contribution in [0.15, 0.2) is 24.3 Å². The molecule has 0 radical (unpaired) electrons. The topological polar surface area (TPSA) is 136 Å². The van der Waals surface area contributed by atoms with Crippen molar-refractivity contribution in [2.24, 2.45) is 0 Å². The lowest BCUT2D eigenvalue weighted by Gasteiger charge is -2.15. The maximum absolute atomic E-state index is 12.1. The highest BCUT2D eigenvalue weighted by molar-refractivity contribution is 7.51. The third kappa shape index (κ3) is 8.81. The molecule has 0 aliphatic heterocycles. The van der Waals surface area contributed by atoms with Crippen LogP contribution in [0.5, 0.6) is 5.75 Å². The van der Waals surface area contributed by atoms with Crippen LogP contribution < -0.4 is 10.1 Å². The van der Waals surface area contributed by atoms with E-state index in [0.717, 1.165) is 18.2 Å². The molecule has 13 heteroatoms. The molecule has 0 atom stereocenters. The van der Waals surface area contributed by atoms with Gasteiger partial charge < -0.3 is 19.8 Å². The Balaban J connectivity index is 2.51. The van der Waals surface area contributed by atoms with E-state index in [-0.39, 0.29) is 23.6 Å². The van der Waals surface area contributed by atoms with E-state index in [0.29, 0.717) is 0 Å². The summed E-state index contributed by atoms with van der Waals surface area (Å²) in [5, 5.41) is 11.7. The Hall–Kier alpha value is -2.14. The molecule has 1 rings (SSSR count). The SMILES string of the molecule is O=C(NCC(=O)N(O)CCCP(=O)(O)O)c1cccc(OC(F)(F)F)c1. The summed E-state index contributed by atoms with van der Waals surface area (Å²) in [5.41, 5.74) is -0.203. The van der Waals surface area contributed by atoms with E-state index >= 15 is 0 Å². The minimum absolute atomic E-state index is 0.169. The number of alkyl halides is 3. The zero-order valence-electron chi connectivity index (χ0n) is 13.1. The van der Waals surface area contributed by atoms with Gasteiger partial charge in [0.2, 0.25) is 0 Å². The summed E-state index contributed by atoms with van der Waals surface area (Å²) >= 11 is 0. The van der Waals surface area contributed by atoms with Crippen LogP contribution in [0.2, 0.25) is 0 Å². The van der Waals surface area contributed by atoms with Crippen molar-refractivity contribution in [3.8, 4) is 5.75 Å². The van der Waals surface area contributed by atoms with Crippen LogP contribution in [0.4, 0.5) is 13.2 Å². The van der Waals surface area contributed by atoms with Crippen molar-refractivity contribution in [3.05, 3.63) is 29.8 Å². The monoisotopic (exact) mass is 400 g/mol. The lowest BCUT2D eigenvalue weighted by molar-refractivity contribution is -0.274. The van der Waals surface area contributed by atoms with Crippen LogP contribution in [0, 0.1) is 0 Å². The van der Waals surface area contributed by atoms with Gasteiger partial charge in [-0.2, -0.15) is 0 Å². The Morgan fingerprint density at radius 2 is 1.92 bits per heavy atom. The number of amides is 2. The minimum atomic E-state index is -4.92. The van der Waals surface area contributed by atoms with Gasteiger partial charge in [-0.25, -0.2) is 5.06 Å². The number of benzene rings is 1. The Bertz CT molecular complexity index is 693. The average Bonchev–Trinajstić information content (AvgIpc) is 2.49. The van der Waals surface area contributed by atoms with E-state index < -0.39 is 44.2 Å². The third-order valence-corrected chi connectivity index (χ3v) is 3.74. The van der Waals surface area contributed by atoms with Crippen LogP contribution >= 0.6 is 7.60 Å². The van der Waals surface area contributed by atoms with Gasteiger partial charge in [-0.3, -0.25) is 19.4 Å². The Labute approximate surface area is 145 Å². The average molecular weight is 400 g/mol. The van der Waals surface area contributed by atoms with Crippen molar-refractivity contribution >= 4 is 19.4 Å². The van der Waals surface area contributed by atoms with E-state index in [4.69, 9.17) is 9.79 Å². The minimum Gasteiger partial charge on any atom is -0.406 e. The van der Waals surface area contributed by atoms with Crippen LogP contribution in [0.1, 0.15) is 16.8 Å². The van der Waals surface area contributed by atoms with E-state index in [1.165, 1.54) is 6.07 Å². The molecule has 1 aromatic carbocycles. The Morgan fingerprint density at radius 3 is 2.50 bits per heavy atom. The van der Waals surface area contributed by atoms with E-state index in [1.54, 1.807) is 0 Å². The van der Waals surface area contributed by atoms with E-state index in [1.807, 2.05) is 0 Å². The number of hydrogen-bond acceptors (Lipinski definition) is 5. The van der Waals surface area contributed by atoms with Crippen LogP contribution in [0.25, 0.3) is 0 Å². The Morgan fingerprint density at radius 1 is 1.27 bits per heavy atom. The largest absolute Gasteiger partial charge is 0.573 e. The number of carbonyl (C=O) groups excluding carboxylic acids is 2. The highest BCUT2D eigenvalue weighted by Gasteiger charge is 2.31. The van der Waals surface area contributed by atoms with Crippen molar-refractivity contribution in [1.29, 1.82) is 0 Å². The second-order valence-electron chi connectivity index (χ2n) is 5.02. The summed E-state index contributed by atoms with van der Waals surface area (Å²) in [4.78, 5) is 40.7. The van der Waals surface area contributed by atoms with E-state index in [2.05, 4.69) is 10.1 Å². The zero-order chi connectivity index (χ0) is 20.0. The number of hydroxylamine groups is 2. The van der Waals surface area contributed by atoms with Gasteiger partial charge in [-0.15, -0.1) is 13.2 Å². The van der Waals surface area contributed by atoms with Crippen LogP contribution in [-0.2, 0) is 9.36 Å². The summed E-state index contributed by atoms with van der Waals surface area (Å²) in [6.45, 7) is -1.04. The number of nitrogens with zero attached hydrogens (tertiary/aromatic N) is 1. The molecule has 9 nitrogen and oxygen atoms in total. The molecule has 0 aromatic heterocycles. The van der Waals surface area contributed by atoms with Gasteiger partial charge in [0.25, 0.3) is 11.8 Å². The predicted molar refractivity (Wildman–Crippen MR) is 80.5 cm³/mol. The lowest BCUT2D eigenvalue weighted by atomic mass is 10.2. The van der Waals surface area contributed by atoms with Gasteiger partial charge in [0.15, 0.2) is 0 Å². The molecule has 0 heterocycles. The first-order valence-electron chi connectivity index (χ1n) is 7.05. The van der Waals surface area contributed by atoms with Crippen LogP contribution in [0.3, 0.4) is 0 Å². The molecule has 1 aromatic rings. The lowest BCUT2D eigenvalue weighted by Crippen LogP contribution is -2.39. The summed E-state index contributed by atoms with van der Waals surface area (Å²) in [6, 6.07) is 4.16. The molecular weight excluding hydrogens is 384 g/mol. The highest BCUT2D eigenvalue weighted by atomic mass is 31.2. The number of carbonyl (C=O) groups is 2. The predicted octanol–water partition coefficient (Wildman–Crippen LogP) is 1.10. The van der Waals surface area contributed by atoms with Crippen molar-refractivity contribution in [3.63, 3.8) is 0 Å². The third-order valence-electron chi connectivity index (χ3n) is 2.84. The molecule has 0 spiro atoms. The second kappa shape index (κ2) is 8.99. The molecule has 0 aliphatic carbocycles. The molecule has 0 unspecified atom stereocenters. The summed E-state index contributed by atoms with van der Waals surface area (Å²) < 4.78 is 50.7. The maximum Gasteiger partial charge on any atom is 0.573 e. The highest BCUT2D eigenvalue weighted by Crippen LogP contribution is 2.34. The fourth-order valence-corrected chi connectivity index (χ4v) is 2.29. The van der Waals surface area contributed by atoms with Gasteiger partial charge >= 0.3 is 14.0 Å². The molecule has 2 amide bonds. The first kappa shape index (κ1) is 21.9. The number of hydrogen-bond donors (Lipinski definition) is 4. The second-order valence-corrected chi connectivity index (χ2v) is 6.79. The zero-order valence-corrected chi connectivity index (χ0v) is 14.0. The summed E-state index contributed by atoms with van der Waals surface area (Å²) in [5.74, 6) is -2.46. The smallest absolute Gasteiger partial charge is 0.406 e. The first-order valence-corrected chi connectivity index (χ1v) is 8.85. The molecule has 0 saturated carbocycles. The molecule has 0 bridgehead atoms.